The summed E-state index contributed by atoms with van der Waals surface area (Å²) in [5.41, 5.74) is 0.792. The highest BCUT2D eigenvalue weighted by Gasteiger charge is 2.36. The first-order valence-corrected chi connectivity index (χ1v) is 7.68. The van der Waals surface area contributed by atoms with Crippen molar-refractivity contribution in [3.05, 3.63) is 35.2 Å². The van der Waals surface area contributed by atoms with Gasteiger partial charge in [0.1, 0.15) is 0 Å². The van der Waals surface area contributed by atoms with E-state index in [9.17, 15) is 0 Å². The largest absolute Gasteiger partial charge is 0.419 e. The van der Waals surface area contributed by atoms with E-state index in [4.69, 9.17) is 16.0 Å². The molecule has 3 heterocycles. The Bertz CT molecular complexity index is 632. The Morgan fingerprint density at radius 2 is 1.95 bits per heavy atom. The van der Waals surface area contributed by atoms with Crippen molar-refractivity contribution >= 4 is 11.6 Å². The van der Waals surface area contributed by atoms with Crippen molar-refractivity contribution in [3.8, 4) is 11.5 Å². The zero-order chi connectivity index (χ0) is 14.2. The first kappa shape index (κ1) is 13.2. The lowest BCUT2D eigenvalue weighted by molar-refractivity contribution is 0.273. The van der Waals surface area contributed by atoms with Crippen LogP contribution in [0, 0.1) is 11.8 Å². The third kappa shape index (κ3) is 2.57. The number of nitrogens with one attached hydrogen (secondary N) is 1. The molecule has 2 atom stereocenters. The second kappa shape index (κ2) is 5.40. The van der Waals surface area contributed by atoms with Gasteiger partial charge < -0.3 is 9.73 Å². The second-order valence-corrected chi connectivity index (χ2v) is 6.26. The summed E-state index contributed by atoms with van der Waals surface area (Å²) in [6.45, 7) is 5.22. The van der Waals surface area contributed by atoms with Gasteiger partial charge in [0.05, 0.1) is 17.1 Å². The van der Waals surface area contributed by atoms with Gasteiger partial charge in [-0.3, -0.25) is 4.90 Å². The Morgan fingerprint density at radius 1 is 1.19 bits per heavy atom. The molecule has 0 amide bonds. The van der Waals surface area contributed by atoms with Crippen molar-refractivity contribution in [1.29, 1.82) is 0 Å². The highest BCUT2D eigenvalue weighted by Crippen LogP contribution is 2.29. The van der Waals surface area contributed by atoms with Gasteiger partial charge in [0.25, 0.3) is 0 Å². The average molecular weight is 305 g/mol. The van der Waals surface area contributed by atoms with Gasteiger partial charge in [-0.2, -0.15) is 0 Å². The predicted molar refractivity (Wildman–Crippen MR) is 79.9 cm³/mol. The molecule has 110 valence electrons. The van der Waals surface area contributed by atoms with Crippen molar-refractivity contribution in [1.82, 2.24) is 20.4 Å². The van der Waals surface area contributed by atoms with E-state index in [2.05, 4.69) is 20.4 Å². The number of halogens is 1. The highest BCUT2D eigenvalue weighted by molar-refractivity contribution is 6.33. The van der Waals surface area contributed by atoms with Gasteiger partial charge >= 0.3 is 0 Å². The zero-order valence-corrected chi connectivity index (χ0v) is 12.4. The minimum Gasteiger partial charge on any atom is -0.419 e. The van der Waals surface area contributed by atoms with Crippen LogP contribution < -0.4 is 5.32 Å². The van der Waals surface area contributed by atoms with E-state index >= 15 is 0 Å². The molecule has 1 N–H and O–H groups in total. The molecule has 0 radical (unpaired) electrons. The fourth-order valence-electron chi connectivity index (χ4n) is 3.33. The molecule has 0 bridgehead atoms. The molecule has 0 spiro atoms. The summed E-state index contributed by atoms with van der Waals surface area (Å²) in [4.78, 5) is 2.40. The summed E-state index contributed by atoms with van der Waals surface area (Å²) in [6, 6.07) is 7.53. The Morgan fingerprint density at radius 3 is 2.71 bits per heavy atom. The van der Waals surface area contributed by atoms with E-state index in [1.807, 2.05) is 24.3 Å². The van der Waals surface area contributed by atoms with Crippen LogP contribution in [0.5, 0.6) is 0 Å². The van der Waals surface area contributed by atoms with Crippen molar-refractivity contribution in [2.75, 3.05) is 26.2 Å². The molecule has 2 fully saturated rings. The van der Waals surface area contributed by atoms with Crippen LogP contribution in [0.25, 0.3) is 11.5 Å². The van der Waals surface area contributed by atoms with Gasteiger partial charge in [-0.1, -0.05) is 23.7 Å². The number of fused-ring (bicyclic) bond motifs is 1. The highest BCUT2D eigenvalue weighted by atomic mass is 35.5. The van der Waals surface area contributed by atoms with E-state index in [0.29, 0.717) is 16.8 Å². The summed E-state index contributed by atoms with van der Waals surface area (Å²) in [6.07, 6.45) is 0. The molecule has 0 aliphatic carbocycles. The maximum absolute atomic E-state index is 6.16. The van der Waals surface area contributed by atoms with E-state index in [0.717, 1.165) is 50.1 Å². The van der Waals surface area contributed by atoms with Crippen molar-refractivity contribution < 1.29 is 4.42 Å². The quantitative estimate of drug-likeness (QED) is 0.940. The number of rotatable bonds is 3. The topological polar surface area (TPSA) is 54.2 Å². The third-order valence-corrected chi connectivity index (χ3v) is 4.72. The number of aromatic nitrogens is 2. The molecular weight excluding hydrogens is 288 g/mol. The fourth-order valence-corrected chi connectivity index (χ4v) is 3.55. The van der Waals surface area contributed by atoms with E-state index in [1.165, 1.54) is 0 Å². The van der Waals surface area contributed by atoms with Crippen LogP contribution >= 0.6 is 11.6 Å². The monoisotopic (exact) mass is 304 g/mol. The number of benzene rings is 1. The van der Waals surface area contributed by atoms with Gasteiger partial charge in [-0.25, -0.2) is 0 Å². The first-order chi connectivity index (χ1) is 10.3. The van der Waals surface area contributed by atoms with E-state index < -0.39 is 0 Å². The zero-order valence-electron chi connectivity index (χ0n) is 11.6. The van der Waals surface area contributed by atoms with Crippen LogP contribution in [-0.2, 0) is 6.54 Å². The minimum atomic E-state index is 0.497. The summed E-state index contributed by atoms with van der Waals surface area (Å²) >= 11 is 6.16. The molecule has 4 rings (SSSR count). The van der Waals surface area contributed by atoms with Gasteiger partial charge in [-0.15, -0.1) is 10.2 Å². The summed E-state index contributed by atoms with van der Waals surface area (Å²) in [5, 5.41) is 12.4. The lowest BCUT2D eigenvalue weighted by Crippen LogP contribution is -2.25. The van der Waals surface area contributed by atoms with Gasteiger partial charge in [0.15, 0.2) is 0 Å². The Balaban J connectivity index is 1.47. The van der Waals surface area contributed by atoms with Crippen LogP contribution in [0.4, 0.5) is 0 Å². The lowest BCUT2D eigenvalue weighted by Gasteiger charge is -2.13. The molecule has 5 nitrogen and oxygen atoms in total. The maximum Gasteiger partial charge on any atom is 0.249 e. The Hall–Kier alpha value is -1.43. The third-order valence-electron chi connectivity index (χ3n) is 4.40. The summed E-state index contributed by atoms with van der Waals surface area (Å²) < 4.78 is 5.77. The van der Waals surface area contributed by atoms with Crippen LogP contribution in [0.1, 0.15) is 5.89 Å². The predicted octanol–water partition coefficient (Wildman–Crippen LogP) is 2.04. The number of likely N-dealkylation sites (tertiary alicyclic amines) is 1. The Labute approximate surface area is 128 Å². The van der Waals surface area contributed by atoms with Crippen LogP contribution in [0.15, 0.2) is 28.7 Å². The molecule has 1 aromatic carbocycles. The molecule has 2 aromatic rings. The minimum absolute atomic E-state index is 0.497. The van der Waals surface area contributed by atoms with Gasteiger partial charge in [0, 0.05) is 13.1 Å². The molecule has 0 saturated carbocycles. The Kier molecular flexibility index (Phi) is 3.41. The molecule has 2 saturated heterocycles. The normalized spacial score (nSPS) is 25.4. The molecule has 21 heavy (non-hydrogen) atoms. The van der Waals surface area contributed by atoms with Crippen molar-refractivity contribution in [3.63, 3.8) is 0 Å². The SMILES string of the molecule is Clc1ccccc1-c1nnc(CN2CC3CNCC3C2)o1. The molecule has 2 aliphatic rings. The van der Waals surface area contributed by atoms with Crippen molar-refractivity contribution in [2.45, 2.75) is 6.54 Å². The van der Waals surface area contributed by atoms with Gasteiger partial charge in [0.2, 0.25) is 11.8 Å². The number of nitrogens with zero attached hydrogens (tertiary/aromatic N) is 3. The van der Waals surface area contributed by atoms with Crippen LogP contribution in [0.2, 0.25) is 5.02 Å². The molecular formula is C15H17ClN4O. The lowest BCUT2D eigenvalue weighted by atomic mass is 10.0. The summed E-state index contributed by atoms with van der Waals surface area (Å²) in [5.74, 6) is 2.71. The average Bonchev–Trinajstić information content (AvgIpc) is 3.15. The van der Waals surface area contributed by atoms with E-state index in [1.54, 1.807) is 0 Å². The maximum atomic E-state index is 6.16. The first-order valence-electron chi connectivity index (χ1n) is 7.30. The molecule has 2 unspecified atom stereocenters. The molecule has 2 aliphatic heterocycles. The number of hydrogen-bond acceptors (Lipinski definition) is 5. The van der Waals surface area contributed by atoms with E-state index in [-0.39, 0.29) is 0 Å². The standard InChI is InChI=1S/C15H17ClN4O/c16-13-4-2-1-3-12(13)15-19-18-14(21-15)9-20-7-10-5-17-6-11(10)8-20/h1-4,10-11,17H,5-9H2. The number of hydrogen-bond donors (Lipinski definition) is 1. The fraction of sp³-hybridized carbons (Fsp3) is 0.467. The molecule has 6 heteroatoms. The molecule has 1 aromatic heterocycles. The van der Waals surface area contributed by atoms with Crippen LogP contribution in [-0.4, -0.2) is 41.3 Å². The van der Waals surface area contributed by atoms with Gasteiger partial charge in [-0.05, 0) is 37.1 Å². The van der Waals surface area contributed by atoms with Crippen molar-refractivity contribution in [2.24, 2.45) is 11.8 Å². The smallest absolute Gasteiger partial charge is 0.249 e. The second-order valence-electron chi connectivity index (χ2n) is 5.85. The summed E-state index contributed by atoms with van der Waals surface area (Å²) in [7, 11) is 0. The van der Waals surface area contributed by atoms with Crippen LogP contribution in [0.3, 0.4) is 0 Å².